The maximum atomic E-state index is 12.3. The molecule has 0 aliphatic carbocycles. The molecule has 0 radical (unpaired) electrons. The van der Waals surface area contributed by atoms with E-state index >= 15 is 0 Å². The molecule has 1 aliphatic heterocycles. The van der Waals surface area contributed by atoms with Crippen molar-refractivity contribution in [3.8, 4) is 0 Å². The van der Waals surface area contributed by atoms with Gasteiger partial charge in [-0.25, -0.2) is 0 Å². The largest absolute Gasteiger partial charge is 0.397 e. The topological polar surface area (TPSA) is 59.2 Å². The molecule has 2 heterocycles. The van der Waals surface area contributed by atoms with E-state index in [2.05, 4.69) is 11.9 Å². The summed E-state index contributed by atoms with van der Waals surface area (Å²) in [6.07, 6.45) is 4.24. The molecule has 1 atom stereocenters. The third-order valence-corrected chi connectivity index (χ3v) is 4.34. The summed E-state index contributed by atoms with van der Waals surface area (Å²) in [7, 11) is 0. The Bertz CT molecular complexity index is 410. The zero-order chi connectivity index (χ0) is 12.3. The standard InChI is InChI=1S/C12H17N3OS/c1-2-9-8-15(5-6-17-9)12(16)10-3-4-14-7-11(10)13/h3-4,7,9H,2,5-6,8,13H2,1H3. The molecule has 0 saturated carbocycles. The van der Waals surface area contributed by atoms with Gasteiger partial charge in [-0.1, -0.05) is 6.92 Å². The lowest BCUT2D eigenvalue weighted by Gasteiger charge is -2.32. The summed E-state index contributed by atoms with van der Waals surface area (Å²) in [5.41, 5.74) is 6.81. The summed E-state index contributed by atoms with van der Waals surface area (Å²) in [5, 5.41) is 0.552. The summed E-state index contributed by atoms with van der Waals surface area (Å²) in [5.74, 6) is 1.04. The van der Waals surface area contributed by atoms with Gasteiger partial charge in [0.15, 0.2) is 0 Å². The van der Waals surface area contributed by atoms with E-state index in [4.69, 9.17) is 5.73 Å². The fourth-order valence-electron chi connectivity index (χ4n) is 1.92. The van der Waals surface area contributed by atoms with Gasteiger partial charge in [-0.3, -0.25) is 9.78 Å². The van der Waals surface area contributed by atoms with Crippen LogP contribution in [0.15, 0.2) is 18.5 Å². The van der Waals surface area contributed by atoms with Gasteiger partial charge in [0.1, 0.15) is 0 Å². The van der Waals surface area contributed by atoms with E-state index in [1.807, 2.05) is 16.7 Å². The summed E-state index contributed by atoms with van der Waals surface area (Å²) in [6.45, 7) is 3.79. The number of carbonyl (C=O) groups is 1. The zero-order valence-electron chi connectivity index (χ0n) is 9.93. The Kier molecular flexibility index (Phi) is 3.89. The molecule has 1 aromatic rings. The first-order valence-electron chi connectivity index (χ1n) is 5.82. The quantitative estimate of drug-likeness (QED) is 0.868. The number of anilines is 1. The van der Waals surface area contributed by atoms with Crippen LogP contribution in [0, 0.1) is 0 Å². The summed E-state index contributed by atoms with van der Waals surface area (Å²) >= 11 is 1.95. The van der Waals surface area contributed by atoms with Crippen molar-refractivity contribution in [3.05, 3.63) is 24.0 Å². The Morgan fingerprint density at radius 2 is 2.53 bits per heavy atom. The van der Waals surface area contributed by atoms with E-state index in [1.54, 1.807) is 12.3 Å². The van der Waals surface area contributed by atoms with Crippen LogP contribution >= 0.6 is 11.8 Å². The average molecular weight is 251 g/mol. The number of pyridine rings is 1. The van der Waals surface area contributed by atoms with Crippen LogP contribution in [0.1, 0.15) is 23.7 Å². The van der Waals surface area contributed by atoms with Crippen molar-refractivity contribution in [2.24, 2.45) is 0 Å². The molecule has 92 valence electrons. The molecule has 0 bridgehead atoms. The molecule has 0 spiro atoms. The number of nitrogen functional groups attached to an aromatic ring is 1. The first-order chi connectivity index (χ1) is 8.22. The van der Waals surface area contributed by atoms with Crippen LogP contribution in [0.25, 0.3) is 0 Å². The number of nitrogens with zero attached hydrogens (tertiary/aromatic N) is 2. The van der Waals surface area contributed by atoms with Gasteiger partial charge in [-0.2, -0.15) is 11.8 Å². The van der Waals surface area contributed by atoms with Crippen LogP contribution < -0.4 is 5.73 Å². The maximum Gasteiger partial charge on any atom is 0.256 e. The SMILES string of the molecule is CCC1CN(C(=O)c2ccncc2N)CCS1. The normalized spacial score (nSPS) is 20.3. The van der Waals surface area contributed by atoms with Crippen molar-refractivity contribution in [2.45, 2.75) is 18.6 Å². The Morgan fingerprint density at radius 3 is 3.24 bits per heavy atom. The Balaban J connectivity index is 2.12. The number of rotatable bonds is 2. The molecule has 1 unspecified atom stereocenters. The highest BCUT2D eigenvalue weighted by molar-refractivity contribution is 8.00. The van der Waals surface area contributed by atoms with Crippen molar-refractivity contribution in [1.82, 2.24) is 9.88 Å². The number of hydrogen-bond donors (Lipinski definition) is 1. The van der Waals surface area contributed by atoms with Crippen LogP contribution in [0.2, 0.25) is 0 Å². The monoisotopic (exact) mass is 251 g/mol. The van der Waals surface area contributed by atoms with Crippen LogP contribution in [-0.4, -0.2) is 39.9 Å². The van der Waals surface area contributed by atoms with Crippen LogP contribution in [-0.2, 0) is 0 Å². The van der Waals surface area contributed by atoms with Crippen molar-refractivity contribution in [3.63, 3.8) is 0 Å². The lowest BCUT2D eigenvalue weighted by atomic mass is 10.2. The van der Waals surface area contributed by atoms with E-state index in [9.17, 15) is 4.79 Å². The van der Waals surface area contributed by atoms with E-state index in [1.165, 1.54) is 6.20 Å². The number of hydrogen-bond acceptors (Lipinski definition) is 4. The molecule has 17 heavy (non-hydrogen) atoms. The first kappa shape index (κ1) is 12.2. The summed E-state index contributed by atoms with van der Waals surface area (Å²) in [4.78, 5) is 18.1. The molecule has 1 aliphatic rings. The van der Waals surface area contributed by atoms with E-state index in [-0.39, 0.29) is 5.91 Å². The first-order valence-corrected chi connectivity index (χ1v) is 6.87. The number of carbonyl (C=O) groups excluding carboxylic acids is 1. The summed E-state index contributed by atoms with van der Waals surface area (Å²) in [6, 6.07) is 1.69. The lowest BCUT2D eigenvalue weighted by molar-refractivity contribution is 0.0762. The number of thioether (sulfide) groups is 1. The molecule has 1 aromatic heterocycles. The van der Waals surface area contributed by atoms with Crippen molar-refractivity contribution >= 4 is 23.4 Å². The van der Waals surface area contributed by atoms with E-state index in [0.29, 0.717) is 16.5 Å². The van der Waals surface area contributed by atoms with Gasteiger partial charge in [0.05, 0.1) is 17.4 Å². The zero-order valence-corrected chi connectivity index (χ0v) is 10.7. The maximum absolute atomic E-state index is 12.3. The Labute approximate surface area is 106 Å². The third-order valence-electron chi connectivity index (χ3n) is 2.96. The Hall–Kier alpha value is -1.23. The second-order valence-electron chi connectivity index (χ2n) is 4.12. The highest BCUT2D eigenvalue weighted by atomic mass is 32.2. The van der Waals surface area contributed by atoms with Crippen molar-refractivity contribution < 1.29 is 4.79 Å². The highest BCUT2D eigenvalue weighted by Gasteiger charge is 2.24. The van der Waals surface area contributed by atoms with Crippen LogP contribution in [0.5, 0.6) is 0 Å². The van der Waals surface area contributed by atoms with Gasteiger partial charge >= 0.3 is 0 Å². The molecule has 1 fully saturated rings. The average Bonchev–Trinajstić information content (AvgIpc) is 2.38. The predicted molar refractivity (Wildman–Crippen MR) is 71.1 cm³/mol. The molecular formula is C12H17N3OS. The molecule has 1 amide bonds. The van der Waals surface area contributed by atoms with Gasteiger partial charge in [-0.05, 0) is 12.5 Å². The number of amides is 1. The van der Waals surface area contributed by atoms with Crippen molar-refractivity contribution in [2.75, 3.05) is 24.6 Å². The van der Waals surface area contributed by atoms with Gasteiger partial charge in [0.2, 0.25) is 0 Å². The molecule has 0 aromatic carbocycles. The second kappa shape index (κ2) is 5.40. The molecule has 4 nitrogen and oxygen atoms in total. The number of aromatic nitrogens is 1. The van der Waals surface area contributed by atoms with Crippen LogP contribution in [0.4, 0.5) is 5.69 Å². The molecular weight excluding hydrogens is 234 g/mol. The number of nitrogens with two attached hydrogens (primary N) is 1. The van der Waals surface area contributed by atoms with Gasteiger partial charge in [0.25, 0.3) is 5.91 Å². The minimum absolute atomic E-state index is 0.0312. The fourth-order valence-corrected chi connectivity index (χ4v) is 3.10. The summed E-state index contributed by atoms with van der Waals surface area (Å²) < 4.78 is 0. The molecule has 5 heteroatoms. The highest BCUT2D eigenvalue weighted by Crippen LogP contribution is 2.23. The second-order valence-corrected chi connectivity index (χ2v) is 5.52. The molecule has 2 rings (SSSR count). The van der Waals surface area contributed by atoms with Gasteiger partial charge < -0.3 is 10.6 Å². The molecule has 2 N–H and O–H groups in total. The van der Waals surface area contributed by atoms with Crippen molar-refractivity contribution in [1.29, 1.82) is 0 Å². The van der Waals surface area contributed by atoms with Gasteiger partial charge in [0, 0.05) is 30.3 Å². The lowest BCUT2D eigenvalue weighted by Crippen LogP contribution is -2.42. The van der Waals surface area contributed by atoms with Gasteiger partial charge in [-0.15, -0.1) is 0 Å². The smallest absolute Gasteiger partial charge is 0.256 e. The Morgan fingerprint density at radius 1 is 1.71 bits per heavy atom. The van der Waals surface area contributed by atoms with E-state index in [0.717, 1.165) is 25.3 Å². The van der Waals surface area contributed by atoms with Crippen LogP contribution in [0.3, 0.4) is 0 Å². The minimum Gasteiger partial charge on any atom is -0.397 e. The third kappa shape index (κ3) is 2.72. The fraction of sp³-hybridized carbons (Fsp3) is 0.500. The van der Waals surface area contributed by atoms with E-state index < -0.39 is 0 Å². The predicted octanol–water partition coefficient (Wildman–Crippen LogP) is 1.63. The molecule has 1 saturated heterocycles. The minimum atomic E-state index is 0.0312.